The van der Waals surface area contributed by atoms with Gasteiger partial charge in [-0.3, -0.25) is 4.18 Å². The fourth-order valence-electron chi connectivity index (χ4n) is 0.990. The van der Waals surface area contributed by atoms with Crippen molar-refractivity contribution in [1.82, 2.24) is 4.31 Å². The van der Waals surface area contributed by atoms with E-state index in [2.05, 4.69) is 0 Å². The van der Waals surface area contributed by atoms with Gasteiger partial charge >= 0.3 is 10.3 Å². The molecule has 1 saturated heterocycles. The number of rotatable bonds is 0. The molecule has 1 aliphatic heterocycles. The van der Waals surface area contributed by atoms with Crippen LogP contribution < -0.4 is 0 Å². The van der Waals surface area contributed by atoms with Crippen LogP contribution in [0.5, 0.6) is 0 Å². The molecule has 0 radical (unpaired) electrons. The van der Waals surface area contributed by atoms with Crippen LogP contribution in [0.1, 0.15) is 13.8 Å². The average Bonchev–Trinajstić information content (AvgIpc) is 1.73. The fraction of sp³-hybridized carbons (Fsp3) is 1.00. The lowest BCUT2D eigenvalue weighted by molar-refractivity contribution is 0.150. The molecule has 1 heterocycles. The summed E-state index contributed by atoms with van der Waals surface area (Å²) in [6, 6.07) is 0. The van der Waals surface area contributed by atoms with E-state index in [1.807, 2.05) is 0 Å². The molecule has 0 aromatic heterocycles. The van der Waals surface area contributed by atoms with Crippen LogP contribution in [0.3, 0.4) is 0 Å². The molecule has 0 aliphatic carbocycles. The first-order valence-electron chi connectivity index (χ1n) is 3.00. The molecule has 0 unspecified atom stereocenters. The van der Waals surface area contributed by atoms with Crippen LogP contribution in [0.25, 0.3) is 0 Å². The Bertz CT molecular complexity index is 231. The van der Waals surface area contributed by atoms with E-state index in [0.29, 0.717) is 6.54 Å². The Morgan fingerprint density at radius 1 is 1.50 bits per heavy atom. The quantitative estimate of drug-likeness (QED) is 0.506. The molecule has 0 aromatic rings. The van der Waals surface area contributed by atoms with Crippen molar-refractivity contribution in [2.24, 2.45) is 0 Å². The van der Waals surface area contributed by atoms with Crippen molar-refractivity contribution < 1.29 is 12.6 Å². The van der Waals surface area contributed by atoms with E-state index in [0.717, 1.165) is 0 Å². The second kappa shape index (κ2) is 1.93. The highest BCUT2D eigenvalue weighted by molar-refractivity contribution is 7.84. The molecule has 1 aliphatic rings. The van der Waals surface area contributed by atoms with Crippen LogP contribution in [0.15, 0.2) is 0 Å². The summed E-state index contributed by atoms with van der Waals surface area (Å²) in [5.74, 6) is 0. The first-order valence-corrected chi connectivity index (χ1v) is 4.37. The third-order valence-corrected chi connectivity index (χ3v) is 2.87. The van der Waals surface area contributed by atoms with Crippen LogP contribution >= 0.6 is 0 Å². The largest absolute Gasteiger partial charge is 0.338 e. The maximum absolute atomic E-state index is 10.9. The molecule has 1 rings (SSSR count). The Kier molecular flexibility index (Phi) is 1.54. The summed E-state index contributed by atoms with van der Waals surface area (Å²) >= 11 is 0. The van der Waals surface area contributed by atoms with Gasteiger partial charge in [-0.05, 0) is 13.8 Å². The Hall–Kier alpha value is -0.130. The maximum atomic E-state index is 10.9. The second-order valence-corrected chi connectivity index (χ2v) is 4.70. The topological polar surface area (TPSA) is 46.6 Å². The third-order valence-electron chi connectivity index (χ3n) is 1.32. The molecule has 0 N–H and O–H groups in total. The summed E-state index contributed by atoms with van der Waals surface area (Å²) < 4.78 is 27.7. The molecular formula is C5H11NO3S. The molecular weight excluding hydrogens is 154 g/mol. The number of nitrogens with zero attached hydrogens (tertiary/aromatic N) is 1. The Morgan fingerprint density at radius 2 is 2.00 bits per heavy atom. The standard InChI is InChI=1S/C5H11NO3S/c1-5(2)4-6(3)10(7,8)9-5/h4H2,1-3H3. The van der Waals surface area contributed by atoms with Crippen LogP contribution in [0.2, 0.25) is 0 Å². The lowest BCUT2D eigenvalue weighted by Gasteiger charge is -2.10. The van der Waals surface area contributed by atoms with Crippen LogP contribution in [-0.4, -0.2) is 31.9 Å². The van der Waals surface area contributed by atoms with Crippen molar-refractivity contribution in [2.45, 2.75) is 19.4 Å². The van der Waals surface area contributed by atoms with Gasteiger partial charge in [0.15, 0.2) is 0 Å². The van der Waals surface area contributed by atoms with Gasteiger partial charge < -0.3 is 0 Å². The zero-order chi connectivity index (χ0) is 7.99. The molecule has 0 bridgehead atoms. The molecule has 0 aromatic carbocycles. The Morgan fingerprint density at radius 3 is 2.10 bits per heavy atom. The van der Waals surface area contributed by atoms with Crippen molar-refractivity contribution >= 4 is 10.3 Å². The smallest absolute Gasteiger partial charge is 0.250 e. The van der Waals surface area contributed by atoms with Crippen LogP contribution in [0, 0.1) is 0 Å². The highest BCUT2D eigenvalue weighted by Gasteiger charge is 2.40. The van der Waals surface area contributed by atoms with E-state index in [4.69, 9.17) is 4.18 Å². The molecule has 0 saturated carbocycles. The van der Waals surface area contributed by atoms with Gasteiger partial charge in [0.2, 0.25) is 0 Å². The van der Waals surface area contributed by atoms with Crippen molar-refractivity contribution in [1.29, 1.82) is 0 Å². The zero-order valence-corrected chi connectivity index (χ0v) is 7.10. The first-order chi connectivity index (χ1) is 4.33. The molecule has 10 heavy (non-hydrogen) atoms. The molecule has 1 fully saturated rings. The van der Waals surface area contributed by atoms with Crippen LogP contribution in [0.4, 0.5) is 0 Å². The Labute approximate surface area is 61.0 Å². The number of likely N-dealkylation sites (N-methyl/N-ethyl adjacent to an activating group) is 1. The van der Waals surface area contributed by atoms with Gasteiger partial charge in [0.05, 0.1) is 5.60 Å². The van der Waals surface area contributed by atoms with Gasteiger partial charge in [-0.25, -0.2) is 0 Å². The van der Waals surface area contributed by atoms with E-state index in [1.54, 1.807) is 13.8 Å². The van der Waals surface area contributed by atoms with Crippen molar-refractivity contribution in [3.8, 4) is 0 Å². The second-order valence-electron chi connectivity index (χ2n) is 3.06. The minimum absolute atomic E-state index is 0.426. The van der Waals surface area contributed by atoms with E-state index >= 15 is 0 Å². The predicted octanol–water partition coefficient (Wildman–Crippen LogP) is -0.0282. The predicted molar refractivity (Wildman–Crippen MR) is 36.7 cm³/mol. The van der Waals surface area contributed by atoms with Crippen LogP contribution in [-0.2, 0) is 14.5 Å². The molecule has 0 spiro atoms. The molecule has 4 nitrogen and oxygen atoms in total. The number of hydrogen-bond acceptors (Lipinski definition) is 3. The molecule has 5 heteroatoms. The van der Waals surface area contributed by atoms with Gasteiger partial charge in [0.25, 0.3) is 0 Å². The Balaban J connectivity index is 2.92. The molecule has 0 atom stereocenters. The fourth-order valence-corrected chi connectivity index (χ4v) is 2.21. The summed E-state index contributed by atoms with van der Waals surface area (Å²) in [5.41, 5.74) is -0.562. The highest BCUT2D eigenvalue weighted by Crippen LogP contribution is 2.24. The molecule has 60 valence electrons. The van der Waals surface area contributed by atoms with E-state index in [-0.39, 0.29) is 0 Å². The first kappa shape index (κ1) is 7.97. The normalized spacial score (nSPS) is 30.7. The average molecular weight is 165 g/mol. The maximum Gasteiger partial charge on any atom is 0.338 e. The van der Waals surface area contributed by atoms with Gasteiger partial charge in [-0.1, -0.05) is 0 Å². The number of hydrogen-bond donors (Lipinski definition) is 0. The zero-order valence-electron chi connectivity index (χ0n) is 6.29. The van der Waals surface area contributed by atoms with Gasteiger partial charge in [-0.2, -0.15) is 12.7 Å². The van der Waals surface area contributed by atoms with E-state index in [1.165, 1.54) is 11.4 Å². The summed E-state index contributed by atoms with van der Waals surface area (Å²) in [4.78, 5) is 0. The van der Waals surface area contributed by atoms with Gasteiger partial charge in [0.1, 0.15) is 0 Å². The van der Waals surface area contributed by atoms with Crippen molar-refractivity contribution in [3.05, 3.63) is 0 Å². The third kappa shape index (κ3) is 1.31. The summed E-state index contributed by atoms with van der Waals surface area (Å²) in [6.45, 7) is 3.91. The van der Waals surface area contributed by atoms with Gasteiger partial charge in [0, 0.05) is 13.6 Å². The van der Waals surface area contributed by atoms with Crippen molar-refractivity contribution in [2.75, 3.05) is 13.6 Å². The van der Waals surface area contributed by atoms with E-state index in [9.17, 15) is 8.42 Å². The minimum atomic E-state index is -3.40. The van der Waals surface area contributed by atoms with Gasteiger partial charge in [-0.15, -0.1) is 0 Å². The minimum Gasteiger partial charge on any atom is -0.250 e. The molecule has 0 amide bonds. The van der Waals surface area contributed by atoms with Crippen molar-refractivity contribution in [3.63, 3.8) is 0 Å². The van der Waals surface area contributed by atoms with E-state index < -0.39 is 15.9 Å². The summed E-state index contributed by atoms with van der Waals surface area (Å²) in [6.07, 6.45) is 0. The highest BCUT2D eigenvalue weighted by atomic mass is 32.2. The summed E-state index contributed by atoms with van der Waals surface area (Å²) in [5, 5.41) is 0. The SMILES string of the molecule is CN1CC(C)(C)OS1(=O)=O. The monoisotopic (exact) mass is 165 g/mol. The lowest BCUT2D eigenvalue weighted by atomic mass is 10.1. The summed E-state index contributed by atoms with van der Waals surface area (Å²) in [7, 11) is -1.90. The lowest BCUT2D eigenvalue weighted by Crippen LogP contribution is -2.25.